The molecule has 2 aromatic heterocycles. The van der Waals surface area contributed by atoms with Gasteiger partial charge in [0.15, 0.2) is 10.9 Å². The van der Waals surface area contributed by atoms with Crippen molar-refractivity contribution >= 4 is 49.7 Å². The molecule has 5 aromatic rings. The molecule has 0 saturated heterocycles. The summed E-state index contributed by atoms with van der Waals surface area (Å²) >= 11 is 2.52. The molecule has 8 nitrogen and oxygen atoms in total. The minimum atomic E-state index is -0.931. The molecule has 1 amide bonds. The number of aliphatic hydroxyl groups excluding tert-OH is 1. The number of rotatable bonds is 8. The van der Waals surface area contributed by atoms with Gasteiger partial charge in [0.25, 0.3) is 5.91 Å². The number of methoxy groups -OCH3 is 1. The lowest BCUT2D eigenvalue weighted by molar-refractivity contribution is -0.117. The van der Waals surface area contributed by atoms with E-state index in [1.165, 1.54) is 27.6 Å². The van der Waals surface area contributed by atoms with E-state index < -0.39 is 23.5 Å². The number of anilines is 1. The highest BCUT2D eigenvalue weighted by Gasteiger charge is 2.46. The van der Waals surface area contributed by atoms with Crippen LogP contribution in [0.25, 0.3) is 10.2 Å². The van der Waals surface area contributed by atoms with Crippen molar-refractivity contribution < 1.29 is 24.2 Å². The van der Waals surface area contributed by atoms with Crippen molar-refractivity contribution in [2.24, 2.45) is 0 Å². The predicted molar refractivity (Wildman–Crippen MR) is 159 cm³/mol. The molecule has 1 aliphatic heterocycles. The number of ketones is 1. The maximum atomic E-state index is 14.0. The molecule has 0 saturated carbocycles. The normalized spacial score (nSPS) is 15.1. The largest absolute Gasteiger partial charge is 0.503 e. The van der Waals surface area contributed by atoms with Gasteiger partial charge in [-0.1, -0.05) is 53.8 Å². The molecule has 206 valence electrons. The number of amides is 1. The second-order valence-electron chi connectivity index (χ2n) is 9.49. The fourth-order valence-corrected chi connectivity index (χ4v) is 6.75. The van der Waals surface area contributed by atoms with Gasteiger partial charge in [-0.2, -0.15) is 0 Å². The summed E-state index contributed by atoms with van der Waals surface area (Å²) in [5.74, 6) is -0.509. The highest BCUT2D eigenvalue weighted by atomic mass is 32.1. The van der Waals surface area contributed by atoms with Crippen LogP contribution in [0.4, 0.5) is 5.13 Å². The standard InChI is InChI=1S/C31H25N3O5S2/c1-17-29(40-18(2)32-17)27(35)25-26(20-10-7-11-22(14-20)39-16-19-8-5-4-6-9-19)34(30(37)28(25)36)31-33-23-13-12-21(38-3)15-24(23)41-31/h4-15,26,36H,16H2,1-3H3. The summed E-state index contributed by atoms with van der Waals surface area (Å²) in [7, 11) is 1.58. The molecule has 1 unspecified atom stereocenters. The monoisotopic (exact) mass is 583 g/mol. The van der Waals surface area contributed by atoms with Crippen LogP contribution in [0.5, 0.6) is 11.5 Å². The Kier molecular flexibility index (Phi) is 7.02. The van der Waals surface area contributed by atoms with Gasteiger partial charge in [-0.05, 0) is 55.3 Å². The number of carbonyl (C=O) groups excluding carboxylic acids is 2. The number of hydrogen-bond donors (Lipinski definition) is 1. The minimum Gasteiger partial charge on any atom is -0.503 e. The Bertz CT molecular complexity index is 1830. The number of fused-ring (bicyclic) bond motifs is 1. The summed E-state index contributed by atoms with van der Waals surface area (Å²) in [4.78, 5) is 38.5. The Morgan fingerprint density at radius 2 is 1.78 bits per heavy atom. The van der Waals surface area contributed by atoms with E-state index in [-0.39, 0.29) is 5.57 Å². The number of aliphatic hydroxyl groups is 1. The smallest absolute Gasteiger partial charge is 0.296 e. The van der Waals surface area contributed by atoms with Crippen molar-refractivity contribution in [2.45, 2.75) is 26.5 Å². The lowest BCUT2D eigenvalue weighted by Gasteiger charge is -2.24. The van der Waals surface area contributed by atoms with Crippen molar-refractivity contribution in [1.29, 1.82) is 0 Å². The maximum absolute atomic E-state index is 14.0. The lowest BCUT2D eigenvalue weighted by atomic mass is 9.95. The molecule has 3 aromatic carbocycles. The Labute approximate surface area is 244 Å². The number of benzene rings is 3. The maximum Gasteiger partial charge on any atom is 0.296 e. The summed E-state index contributed by atoms with van der Waals surface area (Å²) in [5.41, 5.74) is 2.82. The highest BCUT2D eigenvalue weighted by Crippen LogP contribution is 2.45. The number of aryl methyl sites for hydroxylation is 2. The van der Waals surface area contributed by atoms with E-state index in [1.54, 1.807) is 32.2 Å². The second-order valence-corrected chi connectivity index (χ2v) is 11.7. The summed E-state index contributed by atoms with van der Waals surface area (Å²) < 4.78 is 12.2. The number of Topliss-reactive ketones (excluding diaryl/α,β-unsaturated/α-hetero) is 1. The SMILES string of the molecule is COc1ccc2nc(N3C(=O)C(O)=C(C(=O)c4sc(C)nc4C)C3c3cccc(OCc4ccccc4)c3)sc2c1. The third-order valence-corrected chi connectivity index (χ3v) is 8.86. The van der Waals surface area contributed by atoms with Crippen LogP contribution >= 0.6 is 22.7 Å². The van der Waals surface area contributed by atoms with Crippen molar-refractivity contribution in [3.63, 3.8) is 0 Å². The van der Waals surface area contributed by atoms with Crippen LogP contribution in [-0.2, 0) is 11.4 Å². The summed E-state index contributed by atoms with van der Waals surface area (Å²) in [6.45, 7) is 3.91. The second kappa shape index (κ2) is 10.8. The zero-order valence-electron chi connectivity index (χ0n) is 22.5. The number of ether oxygens (including phenoxy) is 2. The van der Waals surface area contributed by atoms with E-state index in [0.717, 1.165) is 15.3 Å². The predicted octanol–water partition coefficient (Wildman–Crippen LogP) is 6.74. The quantitative estimate of drug-likeness (QED) is 0.202. The fourth-order valence-electron chi connectivity index (χ4n) is 4.85. The van der Waals surface area contributed by atoms with Gasteiger partial charge in [0.1, 0.15) is 18.1 Å². The molecule has 1 aliphatic rings. The molecule has 10 heteroatoms. The summed E-state index contributed by atoms with van der Waals surface area (Å²) in [6, 6.07) is 21.5. The van der Waals surface area contributed by atoms with Crippen molar-refractivity contribution in [1.82, 2.24) is 9.97 Å². The summed E-state index contributed by atoms with van der Waals surface area (Å²) in [6.07, 6.45) is 0. The zero-order chi connectivity index (χ0) is 28.7. The first-order valence-electron chi connectivity index (χ1n) is 12.8. The topological polar surface area (TPSA) is 102 Å². The van der Waals surface area contributed by atoms with Gasteiger partial charge in [-0.15, -0.1) is 11.3 Å². The third-order valence-electron chi connectivity index (χ3n) is 6.78. The molecule has 0 spiro atoms. The van der Waals surface area contributed by atoms with Crippen LogP contribution in [0.2, 0.25) is 0 Å². The number of nitrogens with zero attached hydrogens (tertiary/aromatic N) is 3. The van der Waals surface area contributed by atoms with E-state index >= 15 is 0 Å². The van der Waals surface area contributed by atoms with Gasteiger partial charge in [0.05, 0.1) is 44.5 Å². The van der Waals surface area contributed by atoms with E-state index in [9.17, 15) is 14.7 Å². The van der Waals surface area contributed by atoms with Gasteiger partial charge in [-0.25, -0.2) is 9.97 Å². The lowest BCUT2D eigenvalue weighted by Crippen LogP contribution is -2.31. The summed E-state index contributed by atoms with van der Waals surface area (Å²) in [5, 5.41) is 12.3. The Hall–Kier alpha value is -4.54. The van der Waals surface area contributed by atoms with Crippen LogP contribution in [0.1, 0.15) is 37.5 Å². The molecule has 3 heterocycles. The van der Waals surface area contributed by atoms with Crippen LogP contribution in [-0.4, -0.2) is 33.9 Å². The van der Waals surface area contributed by atoms with Gasteiger partial charge in [-0.3, -0.25) is 14.5 Å². The van der Waals surface area contributed by atoms with Gasteiger partial charge < -0.3 is 14.6 Å². The molecule has 0 aliphatic carbocycles. The molecular weight excluding hydrogens is 558 g/mol. The van der Waals surface area contributed by atoms with Gasteiger partial charge >= 0.3 is 0 Å². The molecule has 0 bridgehead atoms. The number of thiazole rings is 2. The van der Waals surface area contributed by atoms with Crippen LogP contribution < -0.4 is 14.4 Å². The first kappa shape index (κ1) is 26.7. The number of aromatic nitrogens is 2. The van der Waals surface area contributed by atoms with Crippen molar-refractivity contribution in [2.75, 3.05) is 12.0 Å². The Morgan fingerprint density at radius 3 is 2.51 bits per heavy atom. The van der Waals surface area contributed by atoms with E-state index in [0.29, 0.717) is 44.9 Å². The Morgan fingerprint density at radius 1 is 0.976 bits per heavy atom. The van der Waals surface area contributed by atoms with E-state index in [1.807, 2.05) is 61.5 Å². The third kappa shape index (κ3) is 4.96. The number of hydrogen-bond acceptors (Lipinski definition) is 9. The first-order chi connectivity index (χ1) is 19.8. The fraction of sp³-hybridized carbons (Fsp3) is 0.161. The Balaban J connectivity index is 1.45. The van der Waals surface area contributed by atoms with E-state index in [4.69, 9.17) is 14.5 Å². The molecule has 1 N–H and O–H groups in total. The molecule has 1 atom stereocenters. The zero-order valence-corrected chi connectivity index (χ0v) is 24.1. The van der Waals surface area contributed by atoms with Crippen molar-refractivity contribution in [3.05, 3.63) is 111 Å². The molecular formula is C31H25N3O5S2. The molecule has 0 radical (unpaired) electrons. The van der Waals surface area contributed by atoms with Gasteiger partial charge in [0.2, 0.25) is 5.78 Å². The first-order valence-corrected chi connectivity index (χ1v) is 14.4. The highest BCUT2D eigenvalue weighted by molar-refractivity contribution is 7.22. The van der Waals surface area contributed by atoms with Crippen molar-refractivity contribution in [3.8, 4) is 11.5 Å². The van der Waals surface area contributed by atoms with E-state index in [2.05, 4.69) is 4.98 Å². The molecule has 6 rings (SSSR count). The van der Waals surface area contributed by atoms with Crippen LogP contribution in [0, 0.1) is 13.8 Å². The molecule has 41 heavy (non-hydrogen) atoms. The average molecular weight is 584 g/mol. The minimum absolute atomic E-state index is 0.0150. The number of carbonyl (C=O) groups is 2. The van der Waals surface area contributed by atoms with Crippen LogP contribution in [0.15, 0.2) is 84.1 Å². The molecule has 0 fully saturated rings. The van der Waals surface area contributed by atoms with Gasteiger partial charge in [0, 0.05) is 0 Å². The van der Waals surface area contributed by atoms with Crippen LogP contribution in [0.3, 0.4) is 0 Å². The average Bonchev–Trinajstić information content (AvgIpc) is 3.64.